The van der Waals surface area contributed by atoms with Crippen LogP contribution >= 0.6 is 0 Å². The van der Waals surface area contributed by atoms with Crippen molar-refractivity contribution in [3.63, 3.8) is 0 Å². The van der Waals surface area contributed by atoms with Gasteiger partial charge in [0.05, 0.1) is 0 Å². The van der Waals surface area contributed by atoms with Crippen molar-refractivity contribution in [1.82, 2.24) is 9.97 Å². The second kappa shape index (κ2) is 5.19. The Hall–Kier alpha value is -2.55. The molecule has 1 heterocycles. The predicted molar refractivity (Wildman–Crippen MR) is 60.4 cm³/mol. The van der Waals surface area contributed by atoms with Gasteiger partial charge in [-0.15, -0.1) is 0 Å². The minimum Gasteiger partial charge on any atom is -0.350 e. The average molecular weight is 246 g/mol. The molecule has 2 rings (SSSR count). The Bertz CT molecular complexity index is 607. The number of hydrogen-bond acceptors (Lipinski definition) is 4. The van der Waals surface area contributed by atoms with Crippen molar-refractivity contribution in [2.45, 2.75) is 6.54 Å². The Kier molecular flexibility index (Phi) is 3.44. The van der Waals surface area contributed by atoms with Gasteiger partial charge in [-0.05, 0) is 23.8 Å². The molecule has 0 bridgehead atoms. The van der Waals surface area contributed by atoms with Crippen LogP contribution in [0.2, 0.25) is 0 Å². The van der Waals surface area contributed by atoms with Gasteiger partial charge in [-0.2, -0.15) is 5.26 Å². The molecule has 0 fully saturated rings. The summed E-state index contributed by atoms with van der Waals surface area (Å²) in [6.45, 7) is 0.242. The number of aromatic nitrogens is 2. The van der Waals surface area contributed by atoms with Crippen LogP contribution in [0.4, 0.5) is 14.7 Å². The van der Waals surface area contributed by atoms with E-state index in [9.17, 15) is 8.78 Å². The standard InChI is InChI=1S/C12H8F2N4/c13-10-2-1-8(5-11(10)14)7-17-12-16-4-3-9(6-15)18-12/h1-5H,7H2,(H,16,17,18). The van der Waals surface area contributed by atoms with Gasteiger partial charge in [-0.1, -0.05) is 6.07 Å². The Morgan fingerprint density at radius 2 is 2.06 bits per heavy atom. The Morgan fingerprint density at radius 1 is 1.22 bits per heavy atom. The van der Waals surface area contributed by atoms with Gasteiger partial charge in [0.15, 0.2) is 11.6 Å². The third-order valence-electron chi connectivity index (χ3n) is 2.20. The minimum absolute atomic E-state index is 0.234. The minimum atomic E-state index is -0.902. The molecule has 0 spiro atoms. The smallest absolute Gasteiger partial charge is 0.224 e. The Morgan fingerprint density at radius 3 is 2.78 bits per heavy atom. The van der Waals surface area contributed by atoms with Crippen LogP contribution < -0.4 is 5.32 Å². The second-order valence-corrected chi connectivity index (χ2v) is 3.48. The normalized spacial score (nSPS) is 9.83. The number of rotatable bonds is 3. The summed E-state index contributed by atoms with van der Waals surface area (Å²) in [6, 6.07) is 6.96. The van der Waals surface area contributed by atoms with Crippen LogP contribution in [0.3, 0.4) is 0 Å². The van der Waals surface area contributed by atoms with Gasteiger partial charge < -0.3 is 5.32 Å². The fourth-order valence-corrected chi connectivity index (χ4v) is 1.34. The summed E-state index contributed by atoms with van der Waals surface area (Å²) in [7, 11) is 0. The number of halogens is 2. The van der Waals surface area contributed by atoms with E-state index in [1.807, 2.05) is 6.07 Å². The zero-order chi connectivity index (χ0) is 13.0. The van der Waals surface area contributed by atoms with E-state index in [0.717, 1.165) is 12.1 Å². The number of benzene rings is 1. The summed E-state index contributed by atoms with van der Waals surface area (Å²) in [5.74, 6) is -1.53. The van der Waals surface area contributed by atoms with Gasteiger partial charge in [-0.25, -0.2) is 18.7 Å². The van der Waals surface area contributed by atoms with Crippen LogP contribution in [0.25, 0.3) is 0 Å². The summed E-state index contributed by atoms with van der Waals surface area (Å²) in [4.78, 5) is 7.80. The molecule has 0 saturated carbocycles. The molecule has 0 radical (unpaired) electrons. The van der Waals surface area contributed by atoms with Crippen LogP contribution in [0, 0.1) is 23.0 Å². The van der Waals surface area contributed by atoms with E-state index in [1.165, 1.54) is 18.3 Å². The summed E-state index contributed by atoms with van der Waals surface area (Å²) in [6.07, 6.45) is 1.44. The lowest BCUT2D eigenvalue weighted by Crippen LogP contribution is -2.04. The quantitative estimate of drug-likeness (QED) is 0.902. The van der Waals surface area contributed by atoms with Crippen LogP contribution in [0.1, 0.15) is 11.3 Å². The molecule has 1 N–H and O–H groups in total. The van der Waals surface area contributed by atoms with Gasteiger partial charge in [0.25, 0.3) is 0 Å². The highest BCUT2D eigenvalue weighted by Gasteiger charge is 2.03. The Labute approximate surface area is 102 Å². The van der Waals surface area contributed by atoms with Crippen molar-refractivity contribution in [2.75, 3.05) is 5.32 Å². The van der Waals surface area contributed by atoms with Crippen LogP contribution in [0.5, 0.6) is 0 Å². The first-order valence-electron chi connectivity index (χ1n) is 5.10. The summed E-state index contributed by atoms with van der Waals surface area (Å²) >= 11 is 0. The maximum absolute atomic E-state index is 12.9. The molecule has 90 valence electrons. The molecule has 4 nitrogen and oxygen atoms in total. The average Bonchev–Trinajstić information content (AvgIpc) is 2.40. The highest BCUT2D eigenvalue weighted by molar-refractivity contribution is 5.31. The maximum atomic E-state index is 12.9. The van der Waals surface area contributed by atoms with E-state index in [1.54, 1.807) is 0 Å². The van der Waals surface area contributed by atoms with Crippen LogP contribution in [0.15, 0.2) is 30.5 Å². The third-order valence-corrected chi connectivity index (χ3v) is 2.20. The van der Waals surface area contributed by atoms with Crippen molar-refractivity contribution in [3.8, 4) is 6.07 Å². The van der Waals surface area contributed by atoms with Gasteiger partial charge >= 0.3 is 0 Å². The topological polar surface area (TPSA) is 61.6 Å². The van der Waals surface area contributed by atoms with E-state index < -0.39 is 11.6 Å². The molecule has 0 aliphatic heterocycles. The fourth-order valence-electron chi connectivity index (χ4n) is 1.34. The molecule has 2 aromatic rings. The number of nitriles is 1. The summed E-state index contributed by atoms with van der Waals surface area (Å²) in [5, 5.41) is 11.5. The summed E-state index contributed by atoms with van der Waals surface area (Å²) < 4.78 is 25.7. The Balaban J connectivity index is 2.07. The van der Waals surface area contributed by atoms with Crippen molar-refractivity contribution in [2.24, 2.45) is 0 Å². The monoisotopic (exact) mass is 246 g/mol. The first-order valence-corrected chi connectivity index (χ1v) is 5.10. The molecule has 0 unspecified atom stereocenters. The highest BCUT2D eigenvalue weighted by Crippen LogP contribution is 2.10. The van der Waals surface area contributed by atoms with Gasteiger partial charge in [-0.3, -0.25) is 0 Å². The second-order valence-electron chi connectivity index (χ2n) is 3.48. The molecule has 0 atom stereocenters. The van der Waals surface area contributed by atoms with Crippen molar-refractivity contribution in [3.05, 3.63) is 53.4 Å². The van der Waals surface area contributed by atoms with E-state index >= 15 is 0 Å². The SMILES string of the molecule is N#Cc1ccnc(NCc2ccc(F)c(F)c2)n1. The molecular formula is C12H8F2N4. The predicted octanol–water partition coefficient (Wildman–Crippen LogP) is 2.24. The van der Waals surface area contributed by atoms with E-state index in [-0.39, 0.29) is 18.2 Å². The molecular weight excluding hydrogens is 238 g/mol. The maximum Gasteiger partial charge on any atom is 0.224 e. The molecule has 18 heavy (non-hydrogen) atoms. The third kappa shape index (κ3) is 2.77. The summed E-state index contributed by atoms with van der Waals surface area (Å²) in [5.41, 5.74) is 0.789. The van der Waals surface area contributed by atoms with Crippen molar-refractivity contribution < 1.29 is 8.78 Å². The number of nitrogens with zero attached hydrogens (tertiary/aromatic N) is 3. The van der Waals surface area contributed by atoms with Crippen LogP contribution in [-0.2, 0) is 6.54 Å². The van der Waals surface area contributed by atoms with Crippen LogP contribution in [-0.4, -0.2) is 9.97 Å². The van der Waals surface area contributed by atoms with E-state index in [2.05, 4.69) is 15.3 Å². The number of hydrogen-bond donors (Lipinski definition) is 1. The first kappa shape index (κ1) is 11.9. The molecule has 0 saturated heterocycles. The molecule has 0 aliphatic rings. The van der Waals surface area contributed by atoms with Crippen molar-refractivity contribution in [1.29, 1.82) is 5.26 Å². The van der Waals surface area contributed by atoms with Gasteiger partial charge in [0.2, 0.25) is 5.95 Å². The molecule has 1 aromatic heterocycles. The molecule has 6 heteroatoms. The molecule has 0 aliphatic carbocycles. The zero-order valence-electron chi connectivity index (χ0n) is 9.19. The van der Waals surface area contributed by atoms with Crippen molar-refractivity contribution >= 4 is 5.95 Å². The van der Waals surface area contributed by atoms with E-state index in [4.69, 9.17) is 5.26 Å². The number of nitrogens with one attached hydrogen (secondary N) is 1. The van der Waals surface area contributed by atoms with Gasteiger partial charge in [0, 0.05) is 12.7 Å². The highest BCUT2D eigenvalue weighted by atomic mass is 19.2. The zero-order valence-corrected chi connectivity index (χ0v) is 9.19. The first-order chi connectivity index (χ1) is 8.69. The molecule has 0 amide bonds. The van der Waals surface area contributed by atoms with Gasteiger partial charge in [0.1, 0.15) is 11.8 Å². The fraction of sp³-hybridized carbons (Fsp3) is 0.0833. The molecule has 1 aromatic carbocycles. The lowest BCUT2D eigenvalue weighted by atomic mass is 10.2. The lowest BCUT2D eigenvalue weighted by Gasteiger charge is -2.05. The number of anilines is 1. The lowest BCUT2D eigenvalue weighted by molar-refractivity contribution is 0.507. The largest absolute Gasteiger partial charge is 0.350 e. The van der Waals surface area contributed by atoms with E-state index in [0.29, 0.717) is 5.56 Å².